The number of carbonyl (C=O) groups excluding carboxylic acids is 1. The number of para-hydroxylation sites is 1. The summed E-state index contributed by atoms with van der Waals surface area (Å²) in [6.45, 7) is 1.12. The maximum Gasteiger partial charge on any atom is 0.414 e. The summed E-state index contributed by atoms with van der Waals surface area (Å²) in [6.07, 6.45) is -5.89. The molecule has 0 fully saturated rings. The second-order valence-corrected chi connectivity index (χ2v) is 4.57. The Kier molecular flexibility index (Phi) is 6.64. The molecule has 0 saturated carbocycles. The SMILES string of the molecule is CC(OCCCC(=O)Nc1ccccc1CN)C(F)(F)F. The largest absolute Gasteiger partial charge is 0.414 e. The van der Waals surface area contributed by atoms with Gasteiger partial charge in [0.15, 0.2) is 6.10 Å². The molecule has 118 valence electrons. The van der Waals surface area contributed by atoms with Gasteiger partial charge < -0.3 is 15.8 Å². The van der Waals surface area contributed by atoms with Crippen LogP contribution in [0.25, 0.3) is 0 Å². The standard InChI is InChI=1S/C14H19F3N2O2/c1-10(14(15,16)17)21-8-4-7-13(20)19-12-6-3-2-5-11(12)9-18/h2-3,5-6,10H,4,7-9,18H2,1H3,(H,19,20). The van der Waals surface area contributed by atoms with Crippen molar-refractivity contribution in [3.63, 3.8) is 0 Å². The van der Waals surface area contributed by atoms with Crippen LogP contribution in [0.2, 0.25) is 0 Å². The van der Waals surface area contributed by atoms with Crippen molar-refractivity contribution < 1.29 is 22.7 Å². The zero-order chi connectivity index (χ0) is 15.9. The van der Waals surface area contributed by atoms with Gasteiger partial charge in [-0.3, -0.25) is 4.79 Å². The van der Waals surface area contributed by atoms with Crippen LogP contribution in [0.4, 0.5) is 18.9 Å². The van der Waals surface area contributed by atoms with E-state index in [0.29, 0.717) is 12.2 Å². The molecular formula is C14H19F3N2O2. The summed E-state index contributed by atoms with van der Waals surface area (Å²) in [5.74, 6) is -0.279. The smallest absolute Gasteiger partial charge is 0.369 e. The van der Waals surface area contributed by atoms with Gasteiger partial charge in [0.2, 0.25) is 5.91 Å². The molecule has 0 aromatic heterocycles. The first kappa shape index (κ1) is 17.5. The van der Waals surface area contributed by atoms with E-state index >= 15 is 0 Å². The van der Waals surface area contributed by atoms with Crippen molar-refractivity contribution in [1.82, 2.24) is 0 Å². The summed E-state index contributed by atoms with van der Waals surface area (Å²) < 4.78 is 41.2. The van der Waals surface area contributed by atoms with E-state index in [1.165, 1.54) is 0 Å². The van der Waals surface area contributed by atoms with Gasteiger partial charge in [-0.2, -0.15) is 13.2 Å². The van der Waals surface area contributed by atoms with Crippen LogP contribution < -0.4 is 11.1 Å². The fourth-order valence-electron chi connectivity index (χ4n) is 1.62. The highest BCUT2D eigenvalue weighted by Crippen LogP contribution is 2.22. The molecule has 0 saturated heterocycles. The number of rotatable bonds is 7. The number of halogens is 3. The van der Waals surface area contributed by atoms with Gasteiger partial charge in [-0.25, -0.2) is 0 Å². The van der Waals surface area contributed by atoms with Gasteiger partial charge in [0.25, 0.3) is 0 Å². The fourth-order valence-corrected chi connectivity index (χ4v) is 1.62. The van der Waals surface area contributed by atoms with Gasteiger partial charge in [0, 0.05) is 25.3 Å². The van der Waals surface area contributed by atoms with Crippen LogP contribution in [0, 0.1) is 0 Å². The van der Waals surface area contributed by atoms with Crippen LogP contribution in [0.5, 0.6) is 0 Å². The predicted octanol–water partition coefficient (Wildman–Crippen LogP) is 2.83. The van der Waals surface area contributed by atoms with E-state index in [1.54, 1.807) is 18.2 Å². The summed E-state index contributed by atoms with van der Waals surface area (Å²) in [7, 11) is 0. The van der Waals surface area contributed by atoms with E-state index in [9.17, 15) is 18.0 Å². The molecule has 1 unspecified atom stereocenters. The average molecular weight is 304 g/mol. The number of hydrogen-bond acceptors (Lipinski definition) is 3. The minimum Gasteiger partial charge on any atom is -0.369 e. The summed E-state index contributed by atoms with van der Waals surface area (Å²) in [4.78, 5) is 11.7. The molecule has 0 aliphatic heterocycles. The Hall–Kier alpha value is -1.60. The van der Waals surface area contributed by atoms with Gasteiger partial charge in [0.1, 0.15) is 0 Å². The lowest BCUT2D eigenvalue weighted by atomic mass is 10.1. The summed E-state index contributed by atoms with van der Waals surface area (Å²) >= 11 is 0. The van der Waals surface area contributed by atoms with Crippen LogP contribution in [0.3, 0.4) is 0 Å². The maximum atomic E-state index is 12.2. The molecule has 1 atom stereocenters. The Bertz CT molecular complexity index is 464. The highest BCUT2D eigenvalue weighted by atomic mass is 19.4. The molecule has 1 aromatic carbocycles. The molecule has 3 N–H and O–H groups in total. The minimum atomic E-state index is -4.37. The first-order chi connectivity index (χ1) is 9.84. The van der Waals surface area contributed by atoms with Gasteiger partial charge in [0.05, 0.1) is 0 Å². The zero-order valence-electron chi connectivity index (χ0n) is 11.7. The number of alkyl halides is 3. The number of anilines is 1. The summed E-state index contributed by atoms with van der Waals surface area (Å²) in [5.41, 5.74) is 6.96. The predicted molar refractivity (Wildman–Crippen MR) is 73.7 cm³/mol. The third-order valence-electron chi connectivity index (χ3n) is 2.89. The van der Waals surface area contributed by atoms with E-state index in [4.69, 9.17) is 5.73 Å². The Morgan fingerprint density at radius 2 is 2.05 bits per heavy atom. The monoisotopic (exact) mass is 304 g/mol. The zero-order valence-corrected chi connectivity index (χ0v) is 11.7. The Balaban J connectivity index is 2.32. The summed E-state index contributed by atoms with van der Waals surface area (Å²) in [5, 5.41) is 2.68. The molecule has 4 nitrogen and oxygen atoms in total. The highest BCUT2D eigenvalue weighted by molar-refractivity contribution is 5.91. The summed E-state index contributed by atoms with van der Waals surface area (Å²) in [6, 6.07) is 7.10. The Morgan fingerprint density at radius 1 is 1.38 bits per heavy atom. The Labute approximate surface area is 121 Å². The molecule has 1 aromatic rings. The van der Waals surface area contributed by atoms with Crippen LogP contribution >= 0.6 is 0 Å². The highest BCUT2D eigenvalue weighted by Gasteiger charge is 2.36. The number of ether oxygens (including phenoxy) is 1. The fraction of sp³-hybridized carbons (Fsp3) is 0.500. The van der Waals surface area contributed by atoms with Crippen molar-refractivity contribution in [3.8, 4) is 0 Å². The van der Waals surface area contributed by atoms with Crippen LogP contribution in [-0.2, 0) is 16.1 Å². The van der Waals surface area contributed by atoms with Crippen molar-refractivity contribution in [1.29, 1.82) is 0 Å². The van der Waals surface area contributed by atoms with E-state index < -0.39 is 12.3 Å². The first-order valence-electron chi connectivity index (χ1n) is 6.60. The number of nitrogens with one attached hydrogen (secondary N) is 1. The van der Waals surface area contributed by atoms with Crippen LogP contribution in [0.15, 0.2) is 24.3 Å². The normalized spacial score (nSPS) is 13.0. The third-order valence-corrected chi connectivity index (χ3v) is 2.89. The molecule has 0 aliphatic carbocycles. The molecule has 0 radical (unpaired) electrons. The molecule has 0 aliphatic rings. The van der Waals surface area contributed by atoms with Crippen molar-refractivity contribution in [3.05, 3.63) is 29.8 Å². The average Bonchev–Trinajstić information content (AvgIpc) is 2.43. The van der Waals surface area contributed by atoms with E-state index in [1.807, 2.05) is 6.07 Å². The van der Waals surface area contributed by atoms with Crippen molar-refractivity contribution in [2.24, 2.45) is 5.73 Å². The molecule has 0 heterocycles. The van der Waals surface area contributed by atoms with E-state index in [0.717, 1.165) is 12.5 Å². The minimum absolute atomic E-state index is 0.0868. The second-order valence-electron chi connectivity index (χ2n) is 4.57. The first-order valence-corrected chi connectivity index (χ1v) is 6.60. The lowest BCUT2D eigenvalue weighted by Gasteiger charge is -2.16. The topological polar surface area (TPSA) is 64.3 Å². The van der Waals surface area contributed by atoms with Crippen LogP contribution in [-0.4, -0.2) is 24.8 Å². The molecular weight excluding hydrogens is 285 g/mol. The van der Waals surface area contributed by atoms with E-state index in [2.05, 4.69) is 10.1 Å². The number of benzene rings is 1. The number of nitrogens with two attached hydrogens (primary N) is 1. The third kappa shape index (κ3) is 6.14. The molecule has 1 amide bonds. The lowest BCUT2D eigenvalue weighted by Crippen LogP contribution is -2.29. The Morgan fingerprint density at radius 3 is 2.67 bits per heavy atom. The van der Waals surface area contributed by atoms with Crippen molar-refractivity contribution >= 4 is 11.6 Å². The maximum absolute atomic E-state index is 12.2. The van der Waals surface area contributed by atoms with Gasteiger partial charge in [-0.15, -0.1) is 0 Å². The number of amides is 1. The van der Waals surface area contributed by atoms with Crippen molar-refractivity contribution in [2.45, 2.75) is 38.6 Å². The van der Waals surface area contributed by atoms with Crippen LogP contribution in [0.1, 0.15) is 25.3 Å². The second kappa shape index (κ2) is 7.99. The quantitative estimate of drug-likeness (QED) is 0.761. The van der Waals surface area contributed by atoms with Crippen molar-refractivity contribution in [2.75, 3.05) is 11.9 Å². The molecule has 0 bridgehead atoms. The lowest BCUT2D eigenvalue weighted by molar-refractivity contribution is -0.214. The van der Waals surface area contributed by atoms with Gasteiger partial charge in [-0.05, 0) is 25.0 Å². The molecule has 21 heavy (non-hydrogen) atoms. The molecule has 7 heteroatoms. The van der Waals surface area contributed by atoms with Gasteiger partial charge >= 0.3 is 6.18 Å². The number of hydrogen-bond donors (Lipinski definition) is 2. The molecule has 0 spiro atoms. The molecule has 1 rings (SSSR count). The van der Waals surface area contributed by atoms with E-state index in [-0.39, 0.29) is 25.4 Å². The number of carbonyl (C=O) groups is 1. The van der Waals surface area contributed by atoms with Gasteiger partial charge in [-0.1, -0.05) is 18.2 Å².